The number of fused-ring (bicyclic) bond motifs is 1. The average Bonchev–Trinajstić information content (AvgIpc) is 2.63. The summed E-state index contributed by atoms with van der Waals surface area (Å²) < 4.78 is 0. The smallest absolute Gasteiger partial charge is 0.159 e. The van der Waals surface area contributed by atoms with E-state index in [4.69, 9.17) is 0 Å². The molecule has 2 aromatic carbocycles. The maximum atomic E-state index is 4.61. The van der Waals surface area contributed by atoms with Gasteiger partial charge in [-0.05, 0) is 12.5 Å². The fourth-order valence-corrected chi connectivity index (χ4v) is 3.42. The van der Waals surface area contributed by atoms with E-state index in [2.05, 4.69) is 75.9 Å². The quantitative estimate of drug-likeness (QED) is 0.806. The maximum Gasteiger partial charge on any atom is 0.159 e. The molecule has 1 aromatic heterocycles. The molecule has 4 heteroatoms. The van der Waals surface area contributed by atoms with E-state index >= 15 is 0 Å². The molecule has 0 spiro atoms. The zero-order valence-corrected chi connectivity index (χ0v) is 13.9. The van der Waals surface area contributed by atoms with Crippen molar-refractivity contribution >= 4 is 16.6 Å². The molecule has 1 aliphatic rings. The molecule has 1 atom stereocenters. The van der Waals surface area contributed by atoms with Crippen LogP contribution in [0.25, 0.3) is 10.8 Å². The lowest BCUT2D eigenvalue weighted by molar-refractivity contribution is 0.482. The monoisotopic (exact) mass is 318 g/mol. The van der Waals surface area contributed by atoms with Gasteiger partial charge in [0.2, 0.25) is 0 Å². The van der Waals surface area contributed by atoms with Gasteiger partial charge < -0.3 is 10.2 Å². The van der Waals surface area contributed by atoms with Crippen LogP contribution >= 0.6 is 0 Å². The van der Waals surface area contributed by atoms with Gasteiger partial charge in [-0.1, -0.05) is 54.6 Å². The number of nitrogens with one attached hydrogen (secondary N) is 1. The van der Waals surface area contributed by atoms with Crippen LogP contribution in [0.1, 0.15) is 18.2 Å². The van der Waals surface area contributed by atoms with Crippen molar-refractivity contribution in [1.29, 1.82) is 0 Å². The molecule has 122 valence electrons. The Morgan fingerprint density at radius 3 is 2.54 bits per heavy atom. The highest BCUT2D eigenvalue weighted by Crippen LogP contribution is 2.27. The second-order valence-corrected chi connectivity index (χ2v) is 6.48. The van der Waals surface area contributed by atoms with E-state index in [1.54, 1.807) is 0 Å². The van der Waals surface area contributed by atoms with Crippen LogP contribution in [0.4, 0.5) is 5.82 Å². The zero-order chi connectivity index (χ0) is 16.4. The van der Waals surface area contributed by atoms with Crippen molar-refractivity contribution in [2.45, 2.75) is 19.4 Å². The molecular formula is C20H22N4. The largest absolute Gasteiger partial charge is 0.352 e. The fourth-order valence-electron chi connectivity index (χ4n) is 3.42. The van der Waals surface area contributed by atoms with E-state index in [0.717, 1.165) is 37.6 Å². The highest BCUT2D eigenvalue weighted by atomic mass is 15.3. The molecule has 0 radical (unpaired) electrons. The zero-order valence-electron chi connectivity index (χ0n) is 13.9. The normalized spacial score (nSPS) is 18.0. The molecule has 4 rings (SSSR count). The van der Waals surface area contributed by atoms with Gasteiger partial charge in [-0.3, -0.25) is 0 Å². The SMILES string of the molecule is C[C@@H]1CN(c2nnc(Cc3ccccc3)c3ccccc23)CCN1. The van der Waals surface area contributed by atoms with Crippen LogP contribution in [0.5, 0.6) is 0 Å². The van der Waals surface area contributed by atoms with Crippen LogP contribution in [-0.2, 0) is 6.42 Å². The summed E-state index contributed by atoms with van der Waals surface area (Å²) in [5, 5.41) is 15.1. The van der Waals surface area contributed by atoms with Crippen molar-refractivity contribution in [3.63, 3.8) is 0 Å². The molecule has 1 N–H and O–H groups in total. The van der Waals surface area contributed by atoms with Crippen molar-refractivity contribution in [1.82, 2.24) is 15.5 Å². The van der Waals surface area contributed by atoms with Crippen molar-refractivity contribution in [2.75, 3.05) is 24.5 Å². The Hall–Kier alpha value is -2.46. The molecule has 1 saturated heterocycles. The summed E-state index contributed by atoms with van der Waals surface area (Å²) in [6.45, 7) is 5.15. The van der Waals surface area contributed by atoms with Gasteiger partial charge in [-0.2, -0.15) is 5.10 Å². The standard InChI is InChI=1S/C20H22N4/c1-15-14-24(12-11-21-15)20-18-10-6-5-9-17(18)19(22-23-20)13-16-7-3-2-4-8-16/h2-10,15,21H,11-14H2,1H3/t15-/m1/s1. The number of hydrogen-bond donors (Lipinski definition) is 1. The Kier molecular flexibility index (Phi) is 4.13. The lowest BCUT2D eigenvalue weighted by Gasteiger charge is -2.33. The molecule has 0 unspecified atom stereocenters. The highest BCUT2D eigenvalue weighted by molar-refractivity contribution is 5.93. The summed E-state index contributed by atoms with van der Waals surface area (Å²) in [6, 6.07) is 19.4. The first-order valence-electron chi connectivity index (χ1n) is 8.58. The summed E-state index contributed by atoms with van der Waals surface area (Å²) in [5.41, 5.74) is 2.31. The Bertz CT molecular complexity index is 831. The van der Waals surface area contributed by atoms with E-state index in [1.807, 2.05) is 6.07 Å². The van der Waals surface area contributed by atoms with Gasteiger partial charge in [0.1, 0.15) is 0 Å². The molecular weight excluding hydrogens is 296 g/mol. The average molecular weight is 318 g/mol. The maximum absolute atomic E-state index is 4.61. The molecule has 0 bridgehead atoms. The van der Waals surface area contributed by atoms with Crippen LogP contribution < -0.4 is 10.2 Å². The molecule has 1 aliphatic heterocycles. The number of rotatable bonds is 3. The van der Waals surface area contributed by atoms with Crippen LogP contribution in [0, 0.1) is 0 Å². The predicted octanol–water partition coefficient (Wildman–Crippen LogP) is 3.02. The Balaban J connectivity index is 1.74. The lowest BCUT2D eigenvalue weighted by atomic mass is 10.0. The molecule has 0 saturated carbocycles. The van der Waals surface area contributed by atoms with E-state index in [1.165, 1.54) is 16.3 Å². The summed E-state index contributed by atoms with van der Waals surface area (Å²) in [6.07, 6.45) is 0.812. The number of benzene rings is 2. The topological polar surface area (TPSA) is 41.1 Å². The van der Waals surface area contributed by atoms with Crippen LogP contribution in [0.2, 0.25) is 0 Å². The Labute approximate surface area is 142 Å². The number of aromatic nitrogens is 2. The van der Waals surface area contributed by atoms with Crippen molar-refractivity contribution < 1.29 is 0 Å². The minimum Gasteiger partial charge on any atom is -0.352 e. The number of hydrogen-bond acceptors (Lipinski definition) is 4. The van der Waals surface area contributed by atoms with Crippen molar-refractivity contribution in [2.24, 2.45) is 0 Å². The van der Waals surface area contributed by atoms with Crippen LogP contribution in [0.15, 0.2) is 54.6 Å². The van der Waals surface area contributed by atoms with Crippen molar-refractivity contribution in [3.05, 3.63) is 65.9 Å². The van der Waals surface area contributed by atoms with E-state index < -0.39 is 0 Å². The first-order valence-corrected chi connectivity index (χ1v) is 8.58. The molecule has 3 aromatic rings. The number of anilines is 1. The molecule has 2 heterocycles. The second-order valence-electron chi connectivity index (χ2n) is 6.48. The third kappa shape index (κ3) is 2.97. The van der Waals surface area contributed by atoms with Crippen molar-refractivity contribution in [3.8, 4) is 0 Å². The van der Waals surface area contributed by atoms with Crippen LogP contribution in [0.3, 0.4) is 0 Å². The third-order valence-electron chi connectivity index (χ3n) is 4.63. The molecule has 0 amide bonds. The van der Waals surface area contributed by atoms with Gasteiger partial charge in [0.15, 0.2) is 5.82 Å². The summed E-state index contributed by atoms with van der Waals surface area (Å²) in [7, 11) is 0. The van der Waals surface area contributed by atoms with Crippen LogP contribution in [-0.4, -0.2) is 35.9 Å². The minimum absolute atomic E-state index is 0.475. The van der Waals surface area contributed by atoms with Gasteiger partial charge in [0, 0.05) is 42.9 Å². The van der Waals surface area contributed by atoms with Gasteiger partial charge in [-0.25, -0.2) is 0 Å². The van der Waals surface area contributed by atoms with E-state index in [-0.39, 0.29) is 0 Å². The molecule has 1 fully saturated rings. The Morgan fingerprint density at radius 2 is 1.75 bits per heavy atom. The van der Waals surface area contributed by atoms with Gasteiger partial charge in [0.25, 0.3) is 0 Å². The van der Waals surface area contributed by atoms with E-state index in [0.29, 0.717) is 6.04 Å². The molecule has 0 aliphatic carbocycles. The molecule has 24 heavy (non-hydrogen) atoms. The first kappa shape index (κ1) is 15.1. The fraction of sp³-hybridized carbons (Fsp3) is 0.300. The van der Waals surface area contributed by atoms with E-state index in [9.17, 15) is 0 Å². The van der Waals surface area contributed by atoms with Gasteiger partial charge in [0.05, 0.1) is 5.69 Å². The van der Waals surface area contributed by atoms with Gasteiger partial charge in [-0.15, -0.1) is 5.10 Å². The first-order chi connectivity index (χ1) is 11.8. The number of nitrogens with zero attached hydrogens (tertiary/aromatic N) is 3. The third-order valence-corrected chi connectivity index (χ3v) is 4.63. The summed E-state index contributed by atoms with van der Waals surface area (Å²) >= 11 is 0. The number of piperazine rings is 1. The summed E-state index contributed by atoms with van der Waals surface area (Å²) in [4.78, 5) is 2.35. The predicted molar refractivity (Wildman–Crippen MR) is 98.5 cm³/mol. The minimum atomic E-state index is 0.475. The summed E-state index contributed by atoms with van der Waals surface area (Å²) in [5.74, 6) is 1.01. The molecule has 4 nitrogen and oxygen atoms in total. The highest BCUT2D eigenvalue weighted by Gasteiger charge is 2.20. The van der Waals surface area contributed by atoms with Gasteiger partial charge >= 0.3 is 0 Å². The lowest BCUT2D eigenvalue weighted by Crippen LogP contribution is -2.49. The second kappa shape index (κ2) is 6.57. The Morgan fingerprint density at radius 1 is 1.00 bits per heavy atom.